The van der Waals surface area contributed by atoms with Crippen molar-refractivity contribution in [2.24, 2.45) is 5.73 Å². The lowest BCUT2D eigenvalue weighted by Crippen LogP contribution is -2.24. The van der Waals surface area contributed by atoms with Gasteiger partial charge < -0.3 is 11.1 Å². The molecule has 1 heterocycles. The van der Waals surface area contributed by atoms with Crippen LogP contribution in [-0.4, -0.2) is 24.0 Å². The second kappa shape index (κ2) is 6.53. The summed E-state index contributed by atoms with van der Waals surface area (Å²) < 4.78 is 0.664. The zero-order chi connectivity index (χ0) is 11.1. The van der Waals surface area contributed by atoms with Crippen molar-refractivity contribution in [2.45, 2.75) is 12.8 Å². The molecule has 5 heteroatoms. The molecule has 0 aromatic carbocycles. The van der Waals surface area contributed by atoms with Crippen molar-refractivity contribution in [3.05, 3.63) is 28.5 Å². The van der Waals surface area contributed by atoms with Crippen LogP contribution in [0.2, 0.25) is 0 Å². The number of nitrogens with one attached hydrogen (secondary N) is 1. The van der Waals surface area contributed by atoms with Gasteiger partial charge in [-0.1, -0.05) is 0 Å². The second-order valence-corrected chi connectivity index (χ2v) is 3.93. The Morgan fingerprint density at radius 2 is 2.33 bits per heavy atom. The van der Waals surface area contributed by atoms with E-state index in [9.17, 15) is 4.79 Å². The highest BCUT2D eigenvalue weighted by Crippen LogP contribution is 2.07. The first-order chi connectivity index (χ1) is 7.24. The Kier molecular flexibility index (Phi) is 5.28. The number of nitrogens with two attached hydrogens (primary N) is 1. The fraction of sp³-hybridized carbons (Fsp3) is 0.400. The van der Waals surface area contributed by atoms with Gasteiger partial charge in [-0.15, -0.1) is 0 Å². The van der Waals surface area contributed by atoms with Gasteiger partial charge in [-0.05, 0) is 47.4 Å². The third kappa shape index (κ3) is 4.40. The number of hydrogen-bond acceptors (Lipinski definition) is 3. The van der Waals surface area contributed by atoms with E-state index in [4.69, 9.17) is 5.73 Å². The molecule has 0 aliphatic carbocycles. The van der Waals surface area contributed by atoms with E-state index in [1.807, 2.05) is 0 Å². The number of rotatable bonds is 5. The fourth-order valence-electron chi connectivity index (χ4n) is 1.12. The Labute approximate surface area is 97.4 Å². The molecule has 3 N–H and O–H groups in total. The van der Waals surface area contributed by atoms with Crippen molar-refractivity contribution < 1.29 is 4.79 Å². The summed E-state index contributed by atoms with van der Waals surface area (Å²) in [6.07, 6.45) is 3.44. The number of carbonyl (C=O) groups excluding carboxylic acids is 1. The predicted octanol–water partition coefficient (Wildman–Crippen LogP) is 1.31. The number of hydrogen-bond donors (Lipinski definition) is 2. The SMILES string of the molecule is NCCCCNC(=O)c1ccnc(Br)c1. The molecule has 0 unspecified atom stereocenters. The predicted molar refractivity (Wildman–Crippen MR) is 62.6 cm³/mol. The minimum absolute atomic E-state index is 0.0740. The largest absolute Gasteiger partial charge is 0.352 e. The molecule has 4 nitrogen and oxygen atoms in total. The summed E-state index contributed by atoms with van der Waals surface area (Å²) in [5.41, 5.74) is 5.96. The van der Waals surface area contributed by atoms with Crippen molar-refractivity contribution >= 4 is 21.8 Å². The van der Waals surface area contributed by atoms with Gasteiger partial charge in [-0.3, -0.25) is 4.79 Å². The van der Waals surface area contributed by atoms with Crippen molar-refractivity contribution in [2.75, 3.05) is 13.1 Å². The van der Waals surface area contributed by atoms with Crippen LogP contribution in [0.4, 0.5) is 0 Å². The third-order valence-electron chi connectivity index (χ3n) is 1.91. The highest BCUT2D eigenvalue weighted by atomic mass is 79.9. The van der Waals surface area contributed by atoms with Crippen molar-refractivity contribution in [3.8, 4) is 0 Å². The maximum atomic E-state index is 11.6. The minimum atomic E-state index is -0.0740. The smallest absolute Gasteiger partial charge is 0.251 e. The molecule has 0 saturated heterocycles. The molecule has 0 bridgehead atoms. The Balaban J connectivity index is 2.40. The van der Waals surface area contributed by atoms with Gasteiger partial charge in [0.1, 0.15) is 4.60 Å². The molecule has 0 aliphatic heterocycles. The van der Waals surface area contributed by atoms with Crippen LogP contribution in [0.15, 0.2) is 22.9 Å². The molecular weight excluding hydrogens is 258 g/mol. The first kappa shape index (κ1) is 12.1. The lowest BCUT2D eigenvalue weighted by molar-refractivity contribution is 0.0953. The van der Waals surface area contributed by atoms with E-state index in [0.717, 1.165) is 12.8 Å². The molecule has 82 valence electrons. The van der Waals surface area contributed by atoms with Gasteiger partial charge in [0.25, 0.3) is 5.91 Å². The fourth-order valence-corrected chi connectivity index (χ4v) is 1.48. The van der Waals surface area contributed by atoms with Crippen LogP contribution in [0.3, 0.4) is 0 Å². The van der Waals surface area contributed by atoms with Crippen LogP contribution in [-0.2, 0) is 0 Å². The minimum Gasteiger partial charge on any atom is -0.352 e. The molecular formula is C10H14BrN3O. The van der Waals surface area contributed by atoms with Gasteiger partial charge in [-0.2, -0.15) is 0 Å². The average Bonchev–Trinajstić information content (AvgIpc) is 2.24. The quantitative estimate of drug-likeness (QED) is 0.627. The van der Waals surface area contributed by atoms with Crippen LogP contribution < -0.4 is 11.1 Å². The molecule has 1 amide bonds. The number of carbonyl (C=O) groups is 1. The van der Waals surface area contributed by atoms with Gasteiger partial charge in [-0.25, -0.2) is 4.98 Å². The number of pyridine rings is 1. The zero-order valence-electron chi connectivity index (χ0n) is 8.37. The summed E-state index contributed by atoms with van der Waals surface area (Å²) in [5.74, 6) is -0.0740. The molecule has 0 fully saturated rings. The molecule has 0 aliphatic rings. The number of amides is 1. The summed E-state index contributed by atoms with van der Waals surface area (Å²) in [5, 5.41) is 2.82. The monoisotopic (exact) mass is 271 g/mol. The van der Waals surface area contributed by atoms with E-state index in [0.29, 0.717) is 23.3 Å². The van der Waals surface area contributed by atoms with E-state index in [-0.39, 0.29) is 5.91 Å². The normalized spacial score (nSPS) is 10.0. The molecule has 1 rings (SSSR count). The maximum Gasteiger partial charge on any atom is 0.251 e. The first-order valence-corrected chi connectivity index (χ1v) is 5.63. The lowest BCUT2D eigenvalue weighted by atomic mass is 10.2. The molecule has 15 heavy (non-hydrogen) atoms. The average molecular weight is 272 g/mol. The van der Waals surface area contributed by atoms with Gasteiger partial charge in [0.05, 0.1) is 0 Å². The van der Waals surface area contributed by atoms with Crippen LogP contribution in [0.1, 0.15) is 23.2 Å². The van der Waals surface area contributed by atoms with Crippen LogP contribution in [0.5, 0.6) is 0 Å². The first-order valence-electron chi connectivity index (χ1n) is 4.84. The molecule has 1 aromatic heterocycles. The number of unbranched alkanes of at least 4 members (excludes halogenated alkanes) is 1. The van der Waals surface area contributed by atoms with E-state index >= 15 is 0 Å². The topological polar surface area (TPSA) is 68.0 Å². The summed E-state index contributed by atoms with van der Waals surface area (Å²) >= 11 is 3.22. The molecule has 0 spiro atoms. The Morgan fingerprint density at radius 3 is 3.00 bits per heavy atom. The van der Waals surface area contributed by atoms with Crippen LogP contribution in [0, 0.1) is 0 Å². The van der Waals surface area contributed by atoms with Crippen molar-refractivity contribution in [1.82, 2.24) is 10.3 Å². The lowest BCUT2D eigenvalue weighted by Gasteiger charge is -2.04. The zero-order valence-corrected chi connectivity index (χ0v) is 9.96. The summed E-state index contributed by atoms with van der Waals surface area (Å²) in [6, 6.07) is 3.38. The molecule has 1 aromatic rings. The van der Waals surface area contributed by atoms with E-state index in [1.165, 1.54) is 0 Å². The van der Waals surface area contributed by atoms with E-state index < -0.39 is 0 Å². The van der Waals surface area contributed by atoms with Crippen molar-refractivity contribution in [3.63, 3.8) is 0 Å². The van der Waals surface area contributed by atoms with E-state index in [1.54, 1.807) is 18.3 Å². The second-order valence-electron chi connectivity index (χ2n) is 3.12. The Hall–Kier alpha value is -0.940. The van der Waals surface area contributed by atoms with Gasteiger partial charge in [0.15, 0.2) is 0 Å². The Bertz CT molecular complexity index is 330. The van der Waals surface area contributed by atoms with Gasteiger partial charge >= 0.3 is 0 Å². The Morgan fingerprint density at radius 1 is 1.53 bits per heavy atom. The van der Waals surface area contributed by atoms with Crippen molar-refractivity contribution in [1.29, 1.82) is 0 Å². The van der Waals surface area contributed by atoms with E-state index in [2.05, 4.69) is 26.2 Å². The number of halogens is 1. The molecule has 0 atom stereocenters. The standard InChI is InChI=1S/C10H14BrN3O/c11-9-7-8(3-6-13-9)10(15)14-5-2-1-4-12/h3,6-7H,1-2,4-5,12H2,(H,14,15). The van der Waals surface area contributed by atoms with Gasteiger partial charge in [0.2, 0.25) is 0 Å². The van der Waals surface area contributed by atoms with Crippen LogP contribution >= 0.6 is 15.9 Å². The summed E-state index contributed by atoms with van der Waals surface area (Å²) in [4.78, 5) is 15.5. The highest BCUT2D eigenvalue weighted by Gasteiger charge is 2.04. The van der Waals surface area contributed by atoms with Crippen LogP contribution in [0.25, 0.3) is 0 Å². The number of aromatic nitrogens is 1. The molecule has 0 radical (unpaired) electrons. The summed E-state index contributed by atoms with van der Waals surface area (Å²) in [6.45, 7) is 1.33. The number of nitrogens with zero attached hydrogens (tertiary/aromatic N) is 1. The molecule has 0 saturated carbocycles. The van der Waals surface area contributed by atoms with Gasteiger partial charge in [0, 0.05) is 18.3 Å². The highest BCUT2D eigenvalue weighted by molar-refractivity contribution is 9.10. The maximum absolute atomic E-state index is 11.6. The third-order valence-corrected chi connectivity index (χ3v) is 2.34. The summed E-state index contributed by atoms with van der Waals surface area (Å²) in [7, 11) is 0.